The number of nitrogens with zero attached hydrogens (tertiary/aromatic N) is 2. The van der Waals surface area contributed by atoms with Crippen LogP contribution in [0.3, 0.4) is 0 Å². The molecule has 2 rings (SSSR count). The van der Waals surface area contributed by atoms with Gasteiger partial charge in [0, 0.05) is 12.6 Å². The number of nitrogens with one attached hydrogen (secondary N) is 2. The number of halogens is 2. The lowest BCUT2D eigenvalue weighted by Gasteiger charge is -2.10. The molecule has 0 saturated carbocycles. The minimum atomic E-state index is -0.575. The maximum atomic E-state index is 12.9. The van der Waals surface area contributed by atoms with E-state index in [2.05, 4.69) is 20.5 Å². The zero-order valence-electron chi connectivity index (χ0n) is 9.24. The molecular weight excluding hydrogens is 226 g/mol. The lowest BCUT2D eigenvalue weighted by molar-refractivity contribution is 0.537. The van der Waals surface area contributed by atoms with Crippen molar-refractivity contribution < 1.29 is 8.78 Å². The van der Waals surface area contributed by atoms with Crippen LogP contribution in [0.15, 0.2) is 24.5 Å². The van der Waals surface area contributed by atoms with E-state index >= 15 is 0 Å². The first-order chi connectivity index (χ1) is 8.15. The maximum Gasteiger partial charge on any atom is 0.141 e. The van der Waals surface area contributed by atoms with Gasteiger partial charge in [-0.05, 0) is 24.6 Å². The second kappa shape index (κ2) is 5.01. The molecule has 1 heterocycles. The van der Waals surface area contributed by atoms with Gasteiger partial charge in [0.25, 0.3) is 0 Å². The summed E-state index contributed by atoms with van der Waals surface area (Å²) < 4.78 is 25.9. The van der Waals surface area contributed by atoms with Gasteiger partial charge >= 0.3 is 0 Å². The fraction of sp³-hybridized carbons (Fsp3) is 0.273. The van der Waals surface area contributed by atoms with E-state index in [4.69, 9.17) is 0 Å². The van der Waals surface area contributed by atoms with Gasteiger partial charge in [-0.3, -0.25) is 5.10 Å². The third kappa shape index (κ3) is 3.07. The maximum absolute atomic E-state index is 12.9. The van der Waals surface area contributed by atoms with E-state index in [9.17, 15) is 8.78 Å². The molecule has 0 amide bonds. The number of benzene rings is 1. The van der Waals surface area contributed by atoms with Gasteiger partial charge < -0.3 is 5.32 Å². The lowest BCUT2D eigenvalue weighted by atomic mass is 10.2. The number of aromatic nitrogens is 3. The fourth-order valence-corrected chi connectivity index (χ4v) is 1.50. The second-order valence-corrected chi connectivity index (χ2v) is 3.75. The second-order valence-electron chi connectivity index (χ2n) is 3.75. The molecule has 2 aromatic rings. The highest BCUT2D eigenvalue weighted by atomic mass is 19.1. The van der Waals surface area contributed by atoms with Crippen molar-refractivity contribution in [2.75, 3.05) is 0 Å². The van der Waals surface area contributed by atoms with Crippen LogP contribution < -0.4 is 5.32 Å². The van der Waals surface area contributed by atoms with Crippen molar-refractivity contribution in [3.05, 3.63) is 47.5 Å². The Kier molecular flexibility index (Phi) is 3.43. The summed E-state index contributed by atoms with van der Waals surface area (Å²) in [6.45, 7) is 2.24. The third-order valence-electron chi connectivity index (χ3n) is 2.38. The Balaban J connectivity index is 1.98. The molecule has 0 aliphatic heterocycles. The summed E-state index contributed by atoms with van der Waals surface area (Å²) in [5.41, 5.74) is 0.550. The topological polar surface area (TPSA) is 53.6 Å². The largest absolute Gasteiger partial charge is 0.303 e. The summed E-state index contributed by atoms with van der Waals surface area (Å²) in [5, 5.41) is 9.54. The molecule has 1 aromatic heterocycles. The van der Waals surface area contributed by atoms with Crippen molar-refractivity contribution in [3.63, 3.8) is 0 Å². The first kappa shape index (κ1) is 11.7. The van der Waals surface area contributed by atoms with Crippen LogP contribution in [0.2, 0.25) is 0 Å². The van der Waals surface area contributed by atoms with Crippen molar-refractivity contribution in [1.82, 2.24) is 20.5 Å². The lowest BCUT2D eigenvalue weighted by Crippen LogP contribution is -2.19. The fourth-order valence-electron chi connectivity index (χ4n) is 1.50. The Hall–Kier alpha value is -1.82. The van der Waals surface area contributed by atoms with Gasteiger partial charge in [0.15, 0.2) is 0 Å². The predicted molar refractivity (Wildman–Crippen MR) is 58.0 cm³/mol. The predicted octanol–water partition coefficient (Wildman–Crippen LogP) is 1.93. The van der Waals surface area contributed by atoms with Gasteiger partial charge in [0.1, 0.15) is 23.8 Å². The number of hydrogen-bond acceptors (Lipinski definition) is 3. The van der Waals surface area contributed by atoms with Crippen molar-refractivity contribution >= 4 is 0 Å². The van der Waals surface area contributed by atoms with E-state index in [-0.39, 0.29) is 6.04 Å². The Morgan fingerprint density at radius 3 is 2.59 bits per heavy atom. The summed E-state index contributed by atoms with van der Waals surface area (Å²) in [4.78, 5) is 3.99. The molecule has 2 N–H and O–H groups in total. The molecular formula is C11H12F2N4. The van der Waals surface area contributed by atoms with Crippen LogP contribution in [0.5, 0.6) is 0 Å². The molecule has 0 spiro atoms. The minimum Gasteiger partial charge on any atom is -0.303 e. The molecule has 6 heteroatoms. The molecule has 0 aliphatic rings. The first-order valence-electron chi connectivity index (χ1n) is 5.19. The molecule has 0 aliphatic carbocycles. The van der Waals surface area contributed by atoms with Crippen LogP contribution in [0.1, 0.15) is 24.4 Å². The Morgan fingerprint density at radius 1 is 1.29 bits per heavy atom. The minimum absolute atomic E-state index is 0.0659. The molecule has 0 radical (unpaired) electrons. The Morgan fingerprint density at radius 2 is 2.00 bits per heavy atom. The highest BCUT2D eigenvalue weighted by Gasteiger charge is 2.08. The molecule has 1 unspecified atom stereocenters. The Labute approximate surface area is 97.1 Å². The smallest absolute Gasteiger partial charge is 0.141 e. The van der Waals surface area contributed by atoms with Gasteiger partial charge in [0.05, 0.1) is 6.04 Å². The molecule has 1 atom stereocenters. The highest BCUT2D eigenvalue weighted by Crippen LogP contribution is 2.10. The van der Waals surface area contributed by atoms with Gasteiger partial charge in [-0.1, -0.05) is 0 Å². The van der Waals surface area contributed by atoms with E-state index in [0.29, 0.717) is 17.9 Å². The summed E-state index contributed by atoms with van der Waals surface area (Å²) in [6, 6.07) is 3.37. The van der Waals surface area contributed by atoms with Crippen LogP contribution >= 0.6 is 0 Å². The zero-order valence-corrected chi connectivity index (χ0v) is 9.24. The molecule has 0 fully saturated rings. The zero-order chi connectivity index (χ0) is 12.3. The number of aromatic amines is 1. The quantitative estimate of drug-likeness (QED) is 0.855. The van der Waals surface area contributed by atoms with Gasteiger partial charge in [0.2, 0.25) is 0 Å². The molecule has 17 heavy (non-hydrogen) atoms. The number of hydrogen-bond donors (Lipinski definition) is 2. The SMILES string of the molecule is CC(NCc1cc(F)cc(F)c1)c1ncn[nH]1. The summed E-state index contributed by atoms with van der Waals surface area (Å²) in [7, 11) is 0. The summed E-state index contributed by atoms with van der Waals surface area (Å²) in [6.07, 6.45) is 1.41. The van der Waals surface area contributed by atoms with Gasteiger partial charge in [-0.15, -0.1) is 0 Å². The Bertz CT molecular complexity index is 464. The average Bonchev–Trinajstić information content (AvgIpc) is 2.78. The molecule has 4 nitrogen and oxygen atoms in total. The number of rotatable bonds is 4. The normalized spacial score (nSPS) is 12.6. The van der Waals surface area contributed by atoms with Crippen LogP contribution in [0.4, 0.5) is 8.78 Å². The third-order valence-corrected chi connectivity index (χ3v) is 2.38. The van der Waals surface area contributed by atoms with Crippen LogP contribution in [0.25, 0.3) is 0 Å². The van der Waals surface area contributed by atoms with Gasteiger partial charge in [-0.25, -0.2) is 13.8 Å². The summed E-state index contributed by atoms with van der Waals surface area (Å²) in [5.74, 6) is -0.467. The molecule has 0 saturated heterocycles. The van der Waals surface area contributed by atoms with E-state index in [0.717, 1.165) is 6.07 Å². The molecule has 90 valence electrons. The molecule has 0 bridgehead atoms. The van der Waals surface area contributed by atoms with E-state index in [1.807, 2.05) is 6.92 Å². The average molecular weight is 238 g/mol. The van der Waals surface area contributed by atoms with E-state index in [1.165, 1.54) is 18.5 Å². The standard InChI is InChI=1S/C11H12F2N4/c1-7(11-15-6-16-17-11)14-5-8-2-9(12)4-10(13)3-8/h2-4,6-7,14H,5H2,1H3,(H,15,16,17). The van der Waals surface area contributed by atoms with Crippen LogP contribution in [-0.2, 0) is 6.54 Å². The van der Waals surface area contributed by atoms with Crippen molar-refractivity contribution in [1.29, 1.82) is 0 Å². The van der Waals surface area contributed by atoms with Crippen LogP contribution in [0, 0.1) is 11.6 Å². The highest BCUT2D eigenvalue weighted by molar-refractivity contribution is 5.17. The van der Waals surface area contributed by atoms with E-state index in [1.54, 1.807) is 0 Å². The van der Waals surface area contributed by atoms with Crippen molar-refractivity contribution in [2.45, 2.75) is 19.5 Å². The first-order valence-corrected chi connectivity index (χ1v) is 5.19. The van der Waals surface area contributed by atoms with Crippen LogP contribution in [-0.4, -0.2) is 15.2 Å². The van der Waals surface area contributed by atoms with Crippen molar-refractivity contribution in [2.24, 2.45) is 0 Å². The molecule has 1 aromatic carbocycles. The monoisotopic (exact) mass is 238 g/mol. The van der Waals surface area contributed by atoms with E-state index < -0.39 is 11.6 Å². The van der Waals surface area contributed by atoms with Crippen molar-refractivity contribution in [3.8, 4) is 0 Å². The van der Waals surface area contributed by atoms with Gasteiger partial charge in [-0.2, -0.15) is 5.10 Å². The summed E-state index contributed by atoms with van der Waals surface area (Å²) >= 11 is 0. The number of H-pyrrole nitrogens is 1.